The highest BCUT2D eigenvalue weighted by Crippen LogP contribution is 2.28. The van der Waals surface area contributed by atoms with Crippen LogP contribution in [-0.2, 0) is 0 Å². The second kappa shape index (κ2) is 5.25. The standard InChI is InChI=1S/C17H18FN3O/c18-15-3-1-12(2-4-15)13-6-8-21(10-13)17(22)19-16-11-20-7-5-14(16)9-20/h1-4,6,8,10,14,16H,5,7,9,11H2,(H,19,22)/t14-,16?/m0/s1. The predicted octanol–water partition coefficient (Wildman–Crippen LogP) is 2.56. The number of nitrogens with zero attached hydrogens (tertiary/aromatic N) is 2. The van der Waals surface area contributed by atoms with E-state index in [9.17, 15) is 9.18 Å². The van der Waals surface area contributed by atoms with Crippen LogP contribution in [0, 0.1) is 11.7 Å². The Morgan fingerprint density at radius 1 is 1.14 bits per heavy atom. The third-order valence-electron chi connectivity index (χ3n) is 4.75. The molecular formula is C17H18FN3O. The SMILES string of the molecule is O=C(NC1CN2CC[C@H]1C2)n1ccc(-c2ccc(F)cc2)c1. The van der Waals surface area contributed by atoms with Crippen LogP contribution in [0.15, 0.2) is 42.7 Å². The molecule has 1 amide bonds. The zero-order valence-corrected chi connectivity index (χ0v) is 12.2. The predicted molar refractivity (Wildman–Crippen MR) is 82.1 cm³/mol. The van der Waals surface area contributed by atoms with Crippen LogP contribution >= 0.6 is 0 Å². The molecule has 2 aromatic rings. The number of carbonyl (C=O) groups excluding carboxylic acids is 1. The zero-order valence-electron chi connectivity index (χ0n) is 12.2. The molecule has 2 unspecified atom stereocenters. The van der Waals surface area contributed by atoms with Crippen molar-refractivity contribution in [3.63, 3.8) is 0 Å². The van der Waals surface area contributed by atoms with E-state index in [-0.39, 0.29) is 17.9 Å². The molecule has 4 nitrogen and oxygen atoms in total. The molecule has 0 spiro atoms. The van der Waals surface area contributed by atoms with Gasteiger partial charge in [0, 0.05) is 31.5 Å². The van der Waals surface area contributed by atoms with Gasteiger partial charge in [-0.15, -0.1) is 0 Å². The Hall–Kier alpha value is -2.14. The fourth-order valence-corrected chi connectivity index (χ4v) is 3.52. The van der Waals surface area contributed by atoms with E-state index in [0.29, 0.717) is 5.92 Å². The Balaban J connectivity index is 1.46. The minimum atomic E-state index is -0.257. The molecule has 1 aromatic heterocycles. The first kappa shape index (κ1) is 13.5. The number of aromatic nitrogens is 1. The summed E-state index contributed by atoms with van der Waals surface area (Å²) in [6.45, 7) is 3.23. The van der Waals surface area contributed by atoms with Crippen LogP contribution in [0.4, 0.5) is 9.18 Å². The van der Waals surface area contributed by atoms with E-state index in [4.69, 9.17) is 0 Å². The summed E-state index contributed by atoms with van der Waals surface area (Å²) in [7, 11) is 0. The molecule has 1 N–H and O–H groups in total. The normalized spacial score (nSPS) is 26.3. The van der Waals surface area contributed by atoms with Crippen molar-refractivity contribution in [3.8, 4) is 11.1 Å². The lowest BCUT2D eigenvalue weighted by Gasteiger charge is -2.23. The molecule has 3 heterocycles. The topological polar surface area (TPSA) is 37.3 Å². The molecule has 3 atom stereocenters. The summed E-state index contributed by atoms with van der Waals surface area (Å²) < 4.78 is 14.5. The Kier molecular flexibility index (Phi) is 3.22. The van der Waals surface area contributed by atoms with E-state index in [1.54, 1.807) is 29.1 Å². The van der Waals surface area contributed by atoms with Crippen molar-refractivity contribution < 1.29 is 9.18 Å². The smallest absolute Gasteiger partial charge is 0.325 e. The minimum Gasteiger partial charge on any atom is -0.333 e. The summed E-state index contributed by atoms with van der Waals surface area (Å²) in [4.78, 5) is 14.7. The van der Waals surface area contributed by atoms with Gasteiger partial charge in [-0.05, 0) is 48.2 Å². The molecule has 2 aliphatic rings. The average Bonchev–Trinajstić information content (AvgIpc) is 3.24. The van der Waals surface area contributed by atoms with Gasteiger partial charge in [-0.3, -0.25) is 4.57 Å². The molecule has 2 fully saturated rings. The maximum atomic E-state index is 13.0. The van der Waals surface area contributed by atoms with Crippen molar-refractivity contribution in [2.45, 2.75) is 12.5 Å². The monoisotopic (exact) mass is 299 g/mol. The molecule has 0 aliphatic carbocycles. The molecule has 1 aromatic carbocycles. The van der Waals surface area contributed by atoms with Crippen molar-refractivity contribution in [2.24, 2.45) is 5.92 Å². The molecule has 22 heavy (non-hydrogen) atoms. The molecule has 114 valence electrons. The second-order valence-electron chi connectivity index (χ2n) is 6.18. The Morgan fingerprint density at radius 3 is 2.64 bits per heavy atom. The van der Waals surface area contributed by atoms with E-state index in [2.05, 4.69) is 10.2 Å². The van der Waals surface area contributed by atoms with Gasteiger partial charge in [-0.25, -0.2) is 9.18 Å². The number of amides is 1. The molecule has 2 bridgehead atoms. The third-order valence-corrected chi connectivity index (χ3v) is 4.75. The first-order valence-corrected chi connectivity index (χ1v) is 7.66. The Labute approximate surface area is 128 Å². The van der Waals surface area contributed by atoms with Crippen LogP contribution in [0.2, 0.25) is 0 Å². The average molecular weight is 299 g/mol. The fraction of sp³-hybridized carbons (Fsp3) is 0.353. The number of halogens is 1. The Morgan fingerprint density at radius 2 is 1.95 bits per heavy atom. The van der Waals surface area contributed by atoms with Crippen molar-refractivity contribution >= 4 is 6.03 Å². The van der Waals surface area contributed by atoms with Gasteiger partial charge in [-0.2, -0.15) is 0 Å². The highest BCUT2D eigenvalue weighted by atomic mass is 19.1. The highest BCUT2D eigenvalue weighted by molar-refractivity contribution is 5.79. The first-order valence-electron chi connectivity index (χ1n) is 7.66. The van der Waals surface area contributed by atoms with Gasteiger partial charge in [0.15, 0.2) is 0 Å². The van der Waals surface area contributed by atoms with E-state index in [0.717, 1.165) is 30.8 Å². The second-order valence-corrected chi connectivity index (χ2v) is 6.18. The summed E-state index contributed by atoms with van der Waals surface area (Å²) in [5.41, 5.74) is 1.81. The summed E-state index contributed by atoms with van der Waals surface area (Å²) in [5, 5.41) is 3.12. The van der Waals surface area contributed by atoms with E-state index < -0.39 is 0 Å². The number of hydrogen-bond acceptors (Lipinski definition) is 2. The van der Waals surface area contributed by atoms with E-state index in [1.165, 1.54) is 18.6 Å². The van der Waals surface area contributed by atoms with Crippen LogP contribution in [0.25, 0.3) is 11.1 Å². The highest BCUT2D eigenvalue weighted by Gasteiger charge is 2.38. The molecule has 2 aliphatic heterocycles. The fourth-order valence-electron chi connectivity index (χ4n) is 3.52. The van der Waals surface area contributed by atoms with E-state index in [1.807, 2.05) is 6.07 Å². The number of nitrogens with one attached hydrogen (secondary N) is 1. The van der Waals surface area contributed by atoms with Crippen LogP contribution in [0.1, 0.15) is 6.42 Å². The number of rotatable bonds is 2. The van der Waals surface area contributed by atoms with Crippen molar-refractivity contribution in [1.82, 2.24) is 14.8 Å². The summed E-state index contributed by atoms with van der Waals surface area (Å²) in [5.74, 6) is 0.336. The number of fused-ring (bicyclic) bond motifs is 2. The molecule has 0 saturated carbocycles. The van der Waals surface area contributed by atoms with Gasteiger partial charge in [-0.1, -0.05) is 12.1 Å². The lowest BCUT2D eigenvalue weighted by atomic mass is 10.0. The number of carbonyl (C=O) groups is 1. The maximum Gasteiger partial charge on any atom is 0.325 e. The summed E-state index contributed by atoms with van der Waals surface area (Å²) in [6, 6.07) is 8.33. The molecule has 4 rings (SSSR count). The third kappa shape index (κ3) is 2.41. The van der Waals surface area contributed by atoms with Gasteiger partial charge in [0.2, 0.25) is 0 Å². The summed E-state index contributed by atoms with van der Waals surface area (Å²) in [6.07, 6.45) is 4.72. The van der Waals surface area contributed by atoms with Gasteiger partial charge in [0.05, 0.1) is 0 Å². The lowest BCUT2D eigenvalue weighted by Crippen LogP contribution is -2.44. The Bertz CT molecular complexity index is 694. The maximum absolute atomic E-state index is 13.0. The molecule has 5 heteroatoms. The number of benzene rings is 1. The number of hydrogen-bond donors (Lipinski definition) is 1. The first-order chi connectivity index (χ1) is 10.7. The van der Waals surface area contributed by atoms with Gasteiger partial charge >= 0.3 is 6.03 Å². The molecule has 2 saturated heterocycles. The molecular weight excluding hydrogens is 281 g/mol. The van der Waals surface area contributed by atoms with Gasteiger partial charge in [0.25, 0.3) is 0 Å². The van der Waals surface area contributed by atoms with Crippen LogP contribution < -0.4 is 5.32 Å². The van der Waals surface area contributed by atoms with Crippen LogP contribution in [0.3, 0.4) is 0 Å². The van der Waals surface area contributed by atoms with Gasteiger partial charge in [0.1, 0.15) is 5.82 Å². The van der Waals surface area contributed by atoms with Gasteiger partial charge < -0.3 is 10.2 Å². The van der Waals surface area contributed by atoms with Crippen LogP contribution in [-0.4, -0.2) is 41.2 Å². The van der Waals surface area contributed by atoms with Crippen molar-refractivity contribution in [1.29, 1.82) is 0 Å². The zero-order chi connectivity index (χ0) is 15.1. The lowest BCUT2D eigenvalue weighted by molar-refractivity contribution is 0.231. The van der Waals surface area contributed by atoms with Crippen molar-refractivity contribution in [2.75, 3.05) is 19.6 Å². The minimum absolute atomic E-state index is 0.0906. The quantitative estimate of drug-likeness (QED) is 0.925. The van der Waals surface area contributed by atoms with E-state index >= 15 is 0 Å². The molecule has 0 radical (unpaired) electrons. The van der Waals surface area contributed by atoms with Crippen LogP contribution in [0.5, 0.6) is 0 Å². The summed E-state index contributed by atoms with van der Waals surface area (Å²) >= 11 is 0. The largest absolute Gasteiger partial charge is 0.333 e. The number of piperidine rings is 1. The van der Waals surface area contributed by atoms with Crippen molar-refractivity contribution in [3.05, 3.63) is 48.5 Å².